The normalized spacial score (nSPS) is 40.3. The summed E-state index contributed by atoms with van der Waals surface area (Å²) in [5, 5.41) is 50.4. The van der Waals surface area contributed by atoms with E-state index in [1.165, 1.54) is 0 Å². The van der Waals surface area contributed by atoms with E-state index in [1.807, 2.05) is 6.92 Å². The minimum Gasteiger partial charge on any atom is -0.481 e. The number of carbonyl (C=O) groups excluding carboxylic acids is 1. The first-order valence-electron chi connectivity index (χ1n) is 13.8. The molecule has 1 saturated carbocycles. The molecule has 1 saturated heterocycles. The Morgan fingerprint density at radius 3 is 2.49 bits per heavy atom. The maximum absolute atomic E-state index is 12.1. The van der Waals surface area contributed by atoms with Gasteiger partial charge in [0.25, 0.3) is 0 Å². The largest absolute Gasteiger partial charge is 0.481 e. The van der Waals surface area contributed by atoms with Crippen LogP contribution in [-0.4, -0.2) is 132 Å². The highest BCUT2D eigenvalue weighted by Crippen LogP contribution is 2.32. The molecule has 3 aliphatic rings. The molecule has 16 heteroatoms. The third-order valence-corrected chi connectivity index (χ3v) is 7.61. The molecule has 0 radical (unpaired) electrons. The summed E-state index contributed by atoms with van der Waals surface area (Å²) in [6.07, 6.45) is -4.76. The first-order chi connectivity index (χ1) is 19.3. The van der Waals surface area contributed by atoms with Gasteiger partial charge in [-0.3, -0.25) is 9.59 Å². The first-order valence-corrected chi connectivity index (χ1v) is 13.8. The van der Waals surface area contributed by atoms with E-state index >= 15 is 0 Å². The molecule has 0 aromatic rings. The number of nitrogens with two attached hydrogens (primary N) is 3. The van der Waals surface area contributed by atoms with Crippen molar-refractivity contribution < 1.29 is 49.0 Å². The summed E-state index contributed by atoms with van der Waals surface area (Å²) in [4.78, 5) is 22.9. The number of carboxylic acid groups (broad SMARTS) is 1. The number of aliphatic carboxylic acids is 1. The topological polar surface area (TPSA) is 266 Å². The van der Waals surface area contributed by atoms with Gasteiger partial charge < -0.3 is 72.5 Å². The number of hydrogen-bond donors (Lipinski definition) is 10. The Hall–Kier alpha value is -1.96. The lowest BCUT2D eigenvalue weighted by Crippen LogP contribution is -2.69. The number of amides is 1. The van der Waals surface area contributed by atoms with Crippen molar-refractivity contribution in [2.24, 2.45) is 17.2 Å². The van der Waals surface area contributed by atoms with E-state index in [1.54, 1.807) is 20.0 Å². The fourth-order valence-electron chi connectivity index (χ4n) is 5.43. The van der Waals surface area contributed by atoms with Gasteiger partial charge in [0.2, 0.25) is 12.2 Å². The van der Waals surface area contributed by atoms with E-state index in [0.717, 1.165) is 0 Å². The molecule has 41 heavy (non-hydrogen) atoms. The van der Waals surface area contributed by atoms with Crippen LogP contribution in [-0.2, 0) is 28.5 Å². The van der Waals surface area contributed by atoms with Crippen LogP contribution < -0.4 is 33.2 Å². The fraction of sp³-hybridized carbons (Fsp3) is 0.840. The Kier molecular flexibility index (Phi) is 11.8. The molecular formula is C25H46N6O10. The van der Waals surface area contributed by atoms with Crippen LogP contribution in [0.1, 0.15) is 33.1 Å². The smallest absolute Gasteiger partial charge is 0.305 e. The second kappa shape index (κ2) is 14.5. The Morgan fingerprint density at radius 2 is 1.85 bits per heavy atom. The Morgan fingerprint density at radius 1 is 1.17 bits per heavy atom. The number of hydrogen-bond acceptors (Lipinski definition) is 14. The summed E-state index contributed by atoms with van der Waals surface area (Å²) in [5.74, 6) is -1.52. The van der Waals surface area contributed by atoms with Gasteiger partial charge in [-0.15, -0.1) is 0 Å². The van der Waals surface area contributed by atoms with Gasteiger partial charge in [0.1, 0.15) is 35.8 Å². The van der Waals surface area contributed by atoms with Gasteiger partial charge in [-0.1, -0.05) is 6.92 Å². The highest BCUT2D eigenvalue weighted by atomic mass is 16.7. The summed E-state index contributed by atoms with van der Waals surface area (Å²) in [6.45, 7) is 3.82. The maximum Gasteiger partial charge on any atom is 0.305 e. The molecule has 1 unspecified atom stereocenters. The minimum absolute atomic E-state index is 0.0699. The zero-order chi connectivity index (χ0) is 30.5. The van der Waals surface area contributed by atoms with E-state index in [-0.39, 0.29) is 13.2 Å². The molecule has 1 amide bonds. The average molecular weight is 591 g/mol. The summed E-state index contributed by atoms with van der Waals surface area (Å²) in [6, 6.07) is -3.62. The van der Waals surface area contributed by atoms with Crippen LogP contribution in [0.4, 0.5) is 0 Å². The van der Waals surface area contributed by atoms with Crippen LogP contribution in [0.5, 0.6) is 0 Å². The minimum atomic E-state index is -1.34. The van der Waals surface area contributed by atoms with Gasteiger partial charge in [0, 0.05) is 12.1 Å². The predicted molar refractivity (Wildman–Crippen MR) is 144 cm³/mol. The van der Waals surface area contributed by atoms with E-state index in [0.29, 0.717) is 25.1 Å². The van der Waals surface area contributed by atoms with E-state index in [9.17, 15) is 24.9 Å². The quantitative estimate of drug-likeness (QED) is 0.103. The number of carbonyl (C=O) groups is 2. The van der Waals surface area contributed by atoms with E-state index in [2.05, 4.69) is 16.0 Å². The van der Waals surface area contributed by atoms with Gasteiger partial charge in [0.15, 0.2) is 6.29 Å². The molecule has 1 aliphatic carbocycles. The molecule has 0 spiro atoms. The highest BCUT2D eigenvalue weighted by Gasteiger charge is 2.51. The van der Waals surface area contributed by atoms with Crippen LogP contribution in [0.25, 0.3) is 0 Å². The molecule has 236 valence electrons. The third-order valence-electron chi connectivity index (χ3n) is 7.61. The van der Waals surface area contributed by atoms with Gasteiger partial charge in [-0.25, -0.2) is 0 Å². The molecule has 12 atom stereocenters. The van der Waals surface area contributed by atoms with Crippen molar-refractivity contribution in [2.75, 3.05) is 26.7 Å². The summed E-state index contributed by atoms with van der Waals surface area (Å²) in [7, 11) is 1.61. The lowest BCUT2D eigenvalue weighted by atomic mass is 9.83. The zero-order valence-electron chi connectivity index (χ0n) is 23.6. The van der Waals surface area contributed by atoms with E-state index < -0.39 is 91.1 Å². The lowest BCUT2D eigenvalue weighted by Gasteiger charge is -2.49. The fourth-order valence-corrected chi connectivity index (χ4v) is 5.43. The zero-order valence-corrected chi connectivity index (χ0v) is 23.6. The monoisotopic (exact) mass is 590 g/mol. The Bertz CT molecular complexity index is 925. The van der Waals surface area contributed by atoms with Crippen molar-refractivity contribution in [1.82, 2.24) is 16.0 Å². The number of carboxylic acids is 1. The summed E-state index contributed by atoms with van der Waals surface area (Å²) < 4.78 is 23.7. The standard InChI is InChI=1S/C25H46N6O10/c1-4-30-15-7-13(27)19(17(34)20(15)41-24-18(35)21(29-3)25(2,37)10-38-24)40-23-12(26)6-5-11(39-23)9-31-22(36)14(28)8-16(32)33/h5,12-15,17-21,23-24,29-30,34-35,37H,4,6-10,26-28H2,1-3H3,(H,31,36)(H,32,33)/t12?,13-,14-,15+,17-,18+,19+,20-,21+,23+,24+,25-/m0/s1. The summed E-state index contributed by atoms with van der Waals surface area (Å²) in [5.41, 5.74) is 16.9. The molecule has 0 aromatic carbocycles. The number of aliphatic hydroxyl groups is 3. The Labute approximate surface area is 238 Å². The average Bonchev–Trinajstić information content (AvgIpc) is 2.89. The van der Waals surface area contributed by atoms with Crippen molar-refractivity contribution >= 4 is 11.9 Å². The summed E-state index contributed by atoms with van der Waals surface area (Å²) >= 11 is 0. The highest BCUT2D eigenvalue weighted by molar-refractivity contribution is 5.85. The molecule has 0 bridgehead atoms. The first kappa shape index (κ1) is 33.5. The maximum atomic E-state index is 12.1. The molecule has 2 heterocycles. The van der Waals surface area contributed by atoms with E-state index in [4.69, 9.17) is 41.3 Å². The number of aliphatic hydroxyl groups excluding tert-OH is 2. The lowest BCUT2D eigenvalue weighted by molar-refractivity contribution is -0.304. The molecule has 3 rings (SSSR count). The number of ether oxygens (including phenoxy) is 4. The number of nitrogens with one attached hydrogen (secondary N) is 3. The molecular weight excluding hydrogens is 544 g/mol. The molecule has 2 fully saturated rings. The van der Waals surface area contributed by atoms with Crippen molar-refractivity contribution in [3.8, 4) is 0 Å². The Balaban J connectivity index is 1.67. The predicted octanol–water partition coefficient (Wildman–Crippen LogP) is -4.24. The molecule has 16 nitrogen and oxygen atoms in total. The van der Waals surface area contributed by atoms with Crippen LogP contribution in [0, 0.1) is 0 Å². The van der Waals surface area contributed by atoms with Crippen LogP contribution >= 0.6 is 0 Å². The van der Waals surface area contributed by atoms with Gasteiger partial charge >= 0.3 is 5.97 Å². The van der Waals surface area contributed by atoms with Crippen LogP contribution in [0.3, 0.4) is 0 Å². The molecule has 13 N–H and O–H groups in total. The van der Waals surface area contributed by atoms with Crippen molar-refractivity contribution in [2.45, 2.75) is 106 Å². The SMILES string of the molecule is CCN[C@@H]1C[C@H](N)[C@@H](O[C@H]2OC(CNC(=O)[C@@H](N)CC(=O)O)=CCC2N)[C@H](O)[C@H]1O[C@H]1OC[C@](C)(O)[C@H](NC)[C@H]1O. The number of likely N-dealkylation sites (N-methyl/N-ethyl adjacent to an activating group) is 2. The number of rotatable bonds is 12. The van der Waals surface area contributed by atoms with Crippen LogP contribution in [0.15, 0.2) is 11.8 Å². The van der Waals surface area contributed by atoms with Gasteiger partial charge in [-0.2, -0.15) is 0 Å². The van der Waals surface area contributed by atoms with Gasteiger partial charge in [-0.05, 0) is 39.4 Å². The molecule has 2 aliphatic heterocycles. The third kappa shape index (κ3) is 8.32. The molecule has 0 aromatic heterocycles. The van der Waals surface area contributed by atoms with Gasteiger partial charge in [0.05, 0.1) is 37.7 Å². The van der Waals surface area contributed by atoms with Crippen molar-refractivity contribution in [3.63, 3.8) is 0 Å². The second-order valence-electron chi connectivity index (χ2n) is 11.0. The van der Waals surface area contributed by atoms with Crippen molar-refractivity contribution in [1.29, 1.82) is 0 Å². The second-order valence-corrected chi connectivity index (χ2v) is 11.0. The van der Waals surface area contributed by atoms with Crippen LogP contribution in [0.2, 0.25) is 0 Å². The van der Waals surface area contributed by atoms with Crippen molar-refractivity contribution in [3.05, 3.63) is 11.8 Å².